The van der Waals surface area contributed by atoms with Crippen LogP contribution >= 0.6 is 0 Å². The summed E-state index contributed by atoms with van der Waals surface area (Å²) in [6.07, 6.45) is 0. The van der Waals surface area contributed by atoms with Crippen molar-refractivity contribution in [1.29, 1.82) is 0 Å². The van der Waals surface area contributed by atoms with E-state index < -0.39 is 0 Å². The Balaban J connectivity index is 1.94. The second-order valence-electron chi connectivity index (χ2n) is 4.92. The van der Waals surface area contributed by atoms with Crippen molar-refractivity contribution < 1.29 is 4.74 Å². The molecule has 0 unspecified atom stereocenters. The Morgan fingerprint density at radius 2 is 1.90 bits per heavy atom. The van der Waals surface area contributed by atoms with Gasteiger partial charge in [-0.25, -0.2) is 4.98 Å². The molecule has 0 saturated carbocycles. The molecule has 2 heterocycles. The minimum absolute atomic E-state index is 0.135. The zero-order chi connectivity index (χ0) is 14.7. The summed E-state index contributed by atoms with van der Waals surface area (Å²) < 4.78 is 5.14. The molecule has 0 amide bonds. The Labute approximate surface area is 122 Å². The van der Waals surface area contributed by atoms with Gasteiger partial charge in [0.05, 0.1) is 12.8 Å². The van der Waals surface area contributed by atoms with Crippen molar-refractivity contribution >= 4 is 5.95 Å². The molecule has 21 heavy (non-hydrogen) atoms. The van der Waals surface area contributed by atoms with E-state index in [4.69, 9.17) is 4.74 Å². The third-order valence-electron chi connectivity index (χ3n) is 3.53. The Kier molecular flexibility index (Phi) is 3.87. The Morgan fingerprint density at radius 3 is 2.57 bits per heavy atom. The lowest BCUT2D eigenvalue weighted by Gasteiger charge is -2.27. The Morgan fingerprint density at radius 1 is 1.19 bits per heavy atom. The predicted molar refractivity (Wildman–Crippen MR) is 81.9 cm³/mol. The highest BCUT2D eigenvalue weighted by Gasteiger charge is 2.14. The van der Waals surface area contributed by atoms with E-state index in [1.54, 1.807) is 7.11 Å². The molecule has 0 radical (unpaired) electrons. The van der Waals surface area contributed by atoms with E-state index in [2.05, 4.69) is 20.2 Å². The second-order valence-corrected chi connectivity index (χ2v) is 4.92. The Bertz CT molecular complexity index is 660. The fourth-order valence-corrected chi connectivity index (χ4v) is 2.38. The summed E-state index contributed by atoms with van der Waals surface area (Å²) in [6, 6.07) is 9.06. The topological polar surface area (TPSA) is 70.2 Å². The first kappa shape index (κ1) is 13.6. The maximum absolute atomic E-state index is 11.9. The van der Waals surface area contributed by atoms with E-state index in [9.17, 15) is 4.79 Å². The van der Waals surface area contributed by atoms with E-state index in [1.807, 2.05) is 24.3 Å². The lowest BCUT2D eigenvalue weighted by Crippen LogP contribution is -2.44. The molecule has 2 N–H and O–H groups in total. The zero-order valence-electron chi connectivity index (χ0n) is 11.9. The fourth-order valence-electron chi connectivity index (χ4n) is 2.38. The van der Waals surface area contributed by atoms with Gasteiger partial charge in [-0.1, -0.05) is 0 Å². The molecule has 1 aromatic carbocycles. The summed E-state index contributed by atoms with van der Waals surface area (Å²) in [7, 11) is 1.63. The van der Waals surface area contributed by atoms with Gasteiger partial charge in [0, 0.05) is 37.8 Å². The van der Waals surface area contributed by atoms with Crippen LogP contribution < -0.4 is 20.5 Å². The number of H-pyrrole nitrogens is 1. The van der Waals surface area contributed by atoms with Crippen molar-refractivity contribution in [2.24, 2.45) is 0 Å². The molecule has 1 saturated heterocycles. The van der Waals surface area contributed by atoms with Gasteiger partial charge in [-0.15, -0.1) is 0 Å². The quantitative estimate of drug-likeness (QED) is 0.875. The minimum Gasteiger partial charge on any atom is -0.497 e. The van der Waals surface area contributed by atoms with Crippen molar-refractivity contribution in [2.75, 3.05) is 38.2 Å². The van der Waals surface area contributed by atoms with Crippen LogP contribution in [0.1, 0.15) is 0 Å². The molecule has 0 spiro atoms. The van der Waals surface area contributed by atoms with Gasteiger partial charge in [0.25, 0.3) is 5.56 Å². The monoisotopic (exact) mass is 286 g/mol. The van der Waals surface area contributed by atoms with Crippen LogP contribution in [0.15, 0.2) is 35.1 Å². The summed E-state index contributed by atoms with van der Waals surface area (Å²) >= 11 is 0. The highest BCUT2D eigenvalue weighted by Crippen LogP contribution is 2.21. The molecule has 0 atom stereocenters. The number of hydrogen-bond acceptors (Lipinski definition) is 5. The minimum atomic E-state index is -0.135. The number of nitrogens with one attached hydrogen (secondary N) is 2. The summed E-state index contributed by atoms with van der Waals surface area (Å²) in [5.74, 6) is 1.42. The molecule has 3 rings (SSSR count). The molecule has 1 aliphatic rings. The second kappa shape index (κ2) is 5.97. The molecular formula is C15H18N4O2. The Hall–Kier alpha value is -2.34. The van der Waals surface area contributed by atoms with E-state index in [0.29, 0.717) is 11.6 Å². The molecule has 110 valence electrons. The smallest absolute Gasteiger partial charge is 0.252 e. The molecule has 1 fully saturated rings. The number of rotatable bonds is 3. The number of nitrogens with zero attached hydrogens (tertiary/aromatic N) is 2. The molecular weight excluding hydrogens is 268 g/mol. The van der Waals surface area contributed by atoms with Crippen LogP contribution in [0.4, 0.5) is 5.95 Å². The number of piperazine rings is 1. The molecule has 2 aromatic rings. The SMILES string of the molecule is COc1ccc(-c2cc(=O)[nH]c(N3CCNCC3)n2)cc1. The molecule has 0 aliphatic carbocycles. The van der Waals surface area contributed by atoms with Gasteiger partial charge in [-0.2, -0.15) is 0 Å². The number of methoxy groups -OCH3 is 1. The first-order valence-electron chi connectivity index (χ1n) is 6.98. The van der Waals surface area contributed by atoms with E-state index in [1.165, 1.54) is 6.07 Å². The van der Waals surface area contributed by atoms with Gasteiger partial charge < -0.3 is 15.0 Å². The van der Waals surface area contributed by atoms with Crippen LogP contribution in [0.5, 0.6) is 5.75 Å². The lowest BCUT2D eigenvalue weighted by molar-refractivity contribution is 0.415. The summed E-state index contributed by atoms with van der Waals surface area (Å²) in [4.78, 5) is 21.4. The normalized spacial score (nSPS) is 15.0. The number of aromatic amines is 1. The lowest BCUT2D eigenvalue weighted by atomic mass is 10.1. The average molecular weight is 286 g/mol. The maximum atomic E-state index is 11.9. The molecule has 6 heteroatoms. The van der Waals surface area contributed by atoms with Gasteiger partial charge in [-0.05, 0) is 24.3 Å². The van der Waals surface area contributed by atoms with E-state index in [-0.39, 0.29) is 5.56 Å². The maximum Gasteiger partial charge on any atom is 0.252 e. The summed E-state index contributed by atoms with van der Waals surface area (Å²) in [5, 5.41) is 3.28. The van der Waals surface area contributed by atoms with Crippen molar-refractivity contribution in [2.45, 2.75) is 0 Å². The highest BCUT2D eigenvalue weighted by atomic mass is 16.5. The zero-order valence-corrected chi connectivity index (χ0v) is 11.9. The first-order chi connectivity index (χ1) is 10.3. The van der Waals surface area contributed by atoms with Crippen LogP contribution in [0, 0.1) is 0 Å². The van der Waals surface area contributed by atoms with Crippen LogP contribution in [0.3, 0.4) is 0 Å². The molecule has 6 nitrogen and oxygen atoms in total. The van der Waals surface area contributed by atoms with Crippen LogP contribution in [-0.4, -0.2) is 43.3 Å². The van der Waals surface area contributed by atoms with Crippen LogP contribution in [0.25, 0.3) is 11.3 Å². The predicted octanol–water partition coefficient (Wildman–Crippen LogP) is 0.855. The largest absolute Gasteiger partial charge is 0.497 e. The molecule has 1 aromatic heterocycles. The number of aromatic nitrogens is 2. The average Bonchev–Trinajstić information content (AvgIpc) is 2.55. The summed E-state index contributed by atoms with van der Waals surface area (Å²) in [5.41, 5.74) is 1.44. The van der Waals surface area contributed by atoms with Gasteiger partial charge >= 0.3 is 0 Å². The van der Waals surface area contributed by atoms with Crippen molar-refractivity contribution in [3.8, 4) is 17.0 Å². The molecule has 0 bridgehead atoms. The van der Waals surface area contributed by atoms with Crippen LogP contribution in [-0.2, 0) is 0 Å². The van der Waals surface area contributed by atoms with Crippen molar-refractivity contribution in [3.05, 3.63) is 40.7 Å². The van der Waals surface area contributed by atoms with Gasteiger partial charge in [0.1, 0.15) is 5.75 Å². The highest BCUT2D eigenvalue weighted by molar-refractivity contribution is 5.61. The van der Waals surface area contributed by atoms with Gasteiger partial charge in [0.2, 0.25) is 5.95 Å². The number of benzene rings is 1. The van der Waals surface area contributed by atoms with Gasteiger partial charge in [0.15, 0.2) is 0 Å². The van der Waals surface area contributed by atoms with Crippen molar-refractivity contribution in [1.82, 2.24) is 15.3 Å². The van der Waals surface area contributed by atoms with Crippen molar-refractivity contribution in [3.63, 3.8) is 0 Å². The third-order valence-corrected chi connectivity index (χ3v) is 3.53. The van der Waals surface area contributed by atoms with E-state index in [0.717, 1.165) is 37.5 Å². The summed E-state index contributed by atoms with van der Waals surface area (Å²) in [6.45, 7) is 3.48. The first-order valence-corrected chi connectivity index (χ1v) is 6.98. The van der Waals surface area contributed by atoms with Crippen LogP contribution in [0.2, 0.25) is 0 Å². The fraction of sp³-hybridized carbons (Fsp3) is 0.333. The standard InChI is InChI=1S/C15H18N4O2/c1-21-12-4-2-11(3-5-12)13-10-14(20)18-15(17-13)19-8-6-16-7-9-19/h2-5,10,16H,6-9H2,1H3,(H,17,18,20). The number of ether oxygens (including phenoxy) is 1. The van der Waals surface area contributed by atoms with Gasteiger partial charge in [-0.3, -0.25) is 9.78 Å². The van der Waals surface area contributed by atoms with E-state index >= 15 is 0 Å². The number of anilines is 1. The third kappa shape index (κ3) is 3.05. The molecule has 1 aliphatic heterocycles. The number of hydrogen-bond donors (Lipinski definition) is 2.